The number of hydrogen-bond acceptors (Lipinski definition) is 3. The molecule has 2 heterocycles. The van der Waals surface area contributed by atoms with Crippen molar-refractivity contribution < 1.29 is 0 Å². The summed E-state index contributed by atoms with van der Waals surface area (Å²) in [5.74, 6) is 1.69. The van der Waals surface area contributed by atoms with E-state index in [2.05, 4.69) is 35.3 Å². The first-order valence-electron chi connectivity index (χ1n) is 6.84. The van der Waals surface area contributed by atoms with Crippen molar-refractivity contribution in [3.63, 3.8) is 0 Å². The van der Waals surface area contributed by atoms with E-state index >= 15 is 0 Å². The highest BCUT2D eigenvalue weighted by Gasteiger charge is 2.25. The van der Waals surface area contributed by atoms with Gasteiger partial charge in [0.05, 0.1) is 0 Å². The van der Waals surface area contributed by atoms with Crippen LogP contribution in [0, 0.1) is 12.8 Å². The van der Waals surface area contributed by atoms with E-state index in [-0.39, 0.29) is 0 Å². The fraction of sp³-hybridized carbons (Fsp3) is 0.571. The first-order valence-corrected chi connectivity index (χ1v) is 6.84. The first-order chi connectivity index (χ1) is 8.74. The standard InChI is InChI=1S/C14H20N4/c1-3-12(8-11-5-6-11)15-14-16-13-7-4-10(2)9-18(13)17-14/h4,7,9,11-12H,3,5-6,8H2,1-2H3,(H,15,17). The van der Waals surface area contributed by atoms with Gasteiger partial charge in [-0.2, -0.15) is 4.98 Å². The van der Waals surface area contributed by atoms with E-state index in [1.165, 1.54) is 24.8 Å². The maximum atomic E-state index is 4.51. The predicted molar refractivity (Wildman–Crippen MR) is 72.8 cm³/mol. The van der Waals surface area contributed by atoms with Crippen LogP contribution in [-0.4, -0.2) is 20.6 Å². The average Bonchev–Trinajstić information content (AvgIpc) is 3.07. The fourth-order valence-corrected chi connectivity index (χ4v) is 2.31. The van der Waals surface area contributed by atoms with Crippen molar-refractivity contribution >= 4 is 11.6 Å². The Balaban J connectivity index is 1.76. The van der Waals surface area contributed by atoms with E-state index < -0.39 is 0 Å². The van der Waals surface area contributed by atoms with E-state index in [4.69, 9.17) is 0 Å². The third kappa shape index (κ3) is 2.47. The Morgan fingerprint density at radius 3 is 3.00 bits per heavy atom. The lowest BCUT2D eigenvalue weighted by atomic mass is 10.1. The summed E-state index contributed by atoms with van der Waals surface area (Å²) in [4.78, 5) is 4.51. The van der Waals surface area contributed by atoms with Gasteiger partial charge in [-0.15, -0.1) is 5.10 Å². The summed E-state index contributed by atoms with van der Waals surface area (Å²) in [5, 5.41) is 7.95. The molecule has 2 aromatic heterocycles. The lowest BCUT2D eigenvalue weighted by Crippen LogP contribution is -2.19. The lowest BCUT2D eigenvalue weighted by molar-refractivity contribution is 0.583. The number of nitrogens with one attached hydrogen (secondary N) is 1. The molecule has 1 aliphatic carbocycles. The minimum absolute atomic E-state index is 0.510. The Labute approximate surface area is 107 Å². The highest BCUT2D eigenvalue weighted by molar-refractivity contribution is 5.44. The predicted octanol–water partition coefficient (Wildman–Crippen LogP) is 3.03. The Hall–Kier alpha value is -1.58. The van der Waals surface area contributed by atoms with Gasteiger partial charge in [0.25, 0.3) is 0 Å². The number of aromatic nitrogens is 3. The van der Waals surface area contributed by atoms with Gasteiger partial charge in [0.2, 0.25) is 5.95 Å². The molecule has 0 saturated heterocycles. The normalized spacial score (nSPS) is 17.0. The average molecular weight is 244 g/mol. The minimum Gasteiger partial charge on any atom is -0.350 e. The molecule has 0 radical (unpaired) electrons. The second-order valence-electron chi connectivity index (χ2n) is 5.37. The molecule has 0 spiro atoms. The van der Waals surface area contributed by atoms with Gasteiger partial charge < -0.3 is 5.32 Å². The summed E-state index contributed by atoms with van der Waals surface area (Å²) in [5.41, 5.74) is 2.10. The molecule has 0 aliphatic heterocycles. The zero-order valence-electron chi connectivity index (χ0n) is 11.1. The third-order valence-electron chi connectivity index (χ3n) is 3.62. The zero-order chi connectivity index (χ0) is 12.5. The van der Waals surface area contributed by atoms with Crippen LogP contribution in [0.25, 0.3) is 5.65 Å². The smallest absolute Gasteiger partial charge is 0.243 e. The monoisotopic (exact) mass is 244 g/mol. The van der Waals surface area contributed by atoms with Crippen LogP contribution < -0.4 is 5.32 Å². The molecule has 1 N–H and O–H groups in total. The van der Waals surface area contributed by atoms with Crippen LogP contribution in [0.3, 0.4) is 0 Å². The Kier molecular flexibility index (Phi) is 2.94. The molecule has 3 rings (SSSR count). The summed E-state index contributed by atoms with van der Waals surface area (Å²) >= 11 is 0. The van der Waals surface area contributed by atoms with Crippen LogP contribution in [0.15, 0.2) is 18.3 Å². The van der Waals surface area contributed by atoms with Gasteiger partial charge in [-0.05, 0) is 37.3 Å². The number of anilines is 1. The summed E-state index contributed by atoms with van der Waals surface area (Å²) < 4.78 is 1.85. The highest BCUT2D eigenvalue weighted by Crippen LogP contribution is 2.34. The van der Waals surface area contributed by atoms with Crippen molar-refractivity contribution in [1.29, 1.82) is 0 Å². The van der Waals surface area contributed by atoms with Crippen LogP contribution in [0.5, 0.6) is 0 Å². The van der Waals surface area contributed by atoms with E-state index in [0.29, 0.717) is 6.04 Å². The summed E-state index contributed by atoms with van der Waals surface area (Å²) in [6.07, 6.45) is 7.19. The molecule has 96 valence electrons. The molecule has 4 heteroatoms. The highest BCUT2D eigenvalue weighted by atomic mass is 15.3. The second-order valence-corrected chi connectivity index (χ2v) is 5.37. The largest absolute Gasteiger partial charge is 0.350 e. The molecule has 0 bridgehead atoms. The van der Waals surface area contributed by atoms with Crippen molar-refractivity contribution in [2.24, 2.45) is 5.92 Å². The maximum absolute atomic E-state index is 4.51. The van der Waals surface area contributed by atoms with Crippen molar-refractivity contribution in [2.45, 2.75) is 45.6 Å². The number of hydrogen-bond donors (Lipinski definition) is 1. The van der Waals surface area contributed by atoms with Crippen molar-refractivity contribution in [3.05, 3.63) is 23.9 Å². The molecule has 4 nitrogen and oxygen atoms in total. The Morgan fingerprint density at radius 1 is 1.44 bits per heavy atom. The topological polar surface area (TPSA) is 42.2 Å². The molecule has 1 aliphatic rings. The van der Waals surface area contributed by atoms with Crippen molar-refractivity contribution in [3.8, 4) is 0 Å². The number of rotatable bonds is 5. The van der Waals surface area contributed by atoms with Crippen LogP contribution in [-0.2, 0) is 0 Å². The second kappa shape index (κ2) is 4.59. The van der Waals surface area contributed by atoms with E-state index in [1.807, 2.05) is 16.8 Å². The van der Waals surface area contributed by atoms with Crippen LogP contribution in [0.2, 0.25) is 0 Å². The van der Waals surface area contributed by atoms with Crippen LogP contribution in [0.4, 0.5) is 5.95 Å². The van der Waals surface area contributed by atoms with Crippen LogP contribution >= 0.6 is 0 Å². The molecule has 0 aromatic carbocycles. The van der Waals surface area contributed by atoms with Gasteiger partial charge in [-0.1, -0.05) is 25.8 Å². The molecule has 2 aromatic rings. The van der Waals surface area contributed by atoms with E-state index in [1.54, 1.807) is 0 Å². The van der Waals surface area contributed by atoms with Gasteiger partial charge in [-0.25, -0.2) is 4.52 Å². The SMILES string of the molecule is CCC(CC1CC1)Nc1nc2ccc(C)cn2n1. The van der Waals surface area contributed by atoms with E-state index in [0.717, 1.165) is 23.9 Å². The van der Waals surface area contributed by atoms with Gasteiger partial charge >= 0.3 is 0 Å². The molecular weight excluding hydrogens is 224 g/mol. The number of aryl methyl sites for hydroxylation is 1. The molecule has 1 saturated carbocycles. The maximum Gasteiger partial charge on any atom is 0.243 e. The van der Waals surface area contributed by atoms with Gasteiger partial charge in [0, 0.05) is 12.2 Å². The lowest BCUT2D eigenvalue weighted by Gasteiger charge is -2.14. The first kappa shape index (κ1) is 11.5. The van der Waals surface area contributed by atoms with Crippen molar-refractivity contribution in [2.75, 3.05) is 5.32 Å². The van der Waals surface area contributed by atoms with Crippen molar-refractivity contribution in [1.82, 2.24) is 14.6 Å². The molecule has 0 amide bonds. The van der Waals surface area contributed by atoms with Crippen LogP contribution in [0.1, 0.15) is 38.2 Å². The summed E-state index contributed by atoms with van der Waals surface area (Å²) in [6.45, 7) is 4.29. The number of nitrogens with zero attached hydrogens (tertiary/aromatic N) is 3. The van der Waals surface area contributed by atoms with Gasteiger partial charge in [0.1, 0.15) is 0 Å². The summed E-state index contributed by atoms with van der Waals surface area (Å²) in [7, 11) is 0. The van der Waals surface area contributed by atoms with Gasteiger partial charge in [-0.3, -0.25) is 0 Å². The molecule has 18 heavy (non-hydrogen) atoms. The number of pyridine rings is 1. The fourth-order valence-electron chi connectivity index (χ4n) is 2.31. The number of fused-ring (bicyclic) bond motifs is 1. The van der Waals surface area contributed by atoms with Gasteiger partial charge in [0.15, 0.2) is 5.65 Å². The Bertz CT molecular complexity index is 542. The third-order valence-corrected chi connectivity index (χ3v) is 3.62. The molecule has 1 unspecified atom stereocenters. The zero-order valence-corrected chi connectivity index (χ0v) is 11.1. The van der Waals surface area contributed by atoms with E-state index in [9.17, 15) is 0 Å². The Morgan fingerprint density at radius 2 is 2.28 bits per heavy atom. The minimum atomic E-state index is 0.510. The quantitative estimate of drug-likeness (QED) is 0.879. The molecule has 1 atom stereocenters. The molecular formula is C14H20N4. The molecule has 1 fully saturated rings. The summed E-state index contributed by atoms with van der Waals surface area (Å²) in [6, 6.07) is 4.58.